The molecule has 3 aromatic rings. The van der Waals surface area contributed by atoms with Crippen molar-refractivity contribution >= 4 is 39.3 Å². The third-order valence-electron chi connectivity index (χ3n) is 5.91. The molecule has 1 aliphatic rings. The quantitative estimate of drug-likeness (QED) is 0.474. The van der Waals surface area contributed by atoms with Crippen LogP contribution in [0, 0.1) is 5.82 Å². The van der Waals surface area contributed by atoms with Crippen LogP contribution in [0.1, 0.15) is 23.4 Å². The molecule has 33 heavy (non-hydrogen) atoms. The number of ether oxygens (including phenoxy) is 1. The van der Waals surface area contributed by atoms with Crippen molar-refractivity contribution in [2.24, 2.45) is 0 Å². The minimum Gasteiger partial charge on any atom is -0.383 e. The third-order valence-corrected chi connectivity index (χ3v) is 6.93. The number of benzene rings is 2. The third kappa shape index (κ3) is 4.38. The zero-order valence-electron chi connectivity index (χ0n) is 18.4. The van der Waals surface area contributed by atoms with Crippen molar-refractivity contribution in [3.05, 3.63) is 64.9 Å². The van der Waals surface area contributed by atoms with Gasteiger partial charge in [-0.1, -0.05) is 30.3 Å². The number of para-hydroxylation sites is 1. The molecule has 9 heteroatoms. The second-order valence-corrected chi connectivity index (χ2v) is 9.20. The van der Waals surface area contributed by atoms with Crippen LogP contribution in [0.25, 0.3) is 10.2 Å². The number of likely N-dealkylation sites (tertiary alicyclic amines) is 1. The van der Waals surface area contributed by atoms with Crippen LogP contribution >= 0.6 is 11.3 Å². The summed E-state index contributed by atoms with van der Waals surface area (Å²) in [7, 11) is 3.09. The van der Waals surface area contributed by atoms with Gasteiger partial charge in [0.15, 0.2) is 0 Å². The van der Waals surface area contributed by atoms with Gasteiger partial charge in [-0.15, -0.1) is 11.3 Å². The molecular formula is C24H24FN3O4S. The fraction of sp³-hybridized carbons (Fsp3) is 0.333. The standard InChI is InChI=1S/C24H24FN3O4S/c1-27(15-20-26-18-9-5-6-10-19(18)33-20)21(29)13-24(16-7-3-4-8-17(16)25)14-22(30)28(23(24)31)11-12-32-2/h3-10H,11-15H2,1-2H3/t24-/m1/s1. The van der Waals surface area contributed by atoms with Gasteiger partial charge in [-0.2, -0.15) is 0 Å². The number of hydrogen-bond donors (Lipinski definition) is 0. The molecule has 1 aliphatic heterocycles. The SMILES string of the molecule is COCCN1C(=O)C[C@](CC(=O)N(C)Cc2nc3ccccc3s2)(c2ccccc2F)C1=O. The largest absolute Gasteiger partial charge is 0.383 e. The van der Waals surface area contributed by atoms with E-state index in [-0.39, 0.29) is 44.0 Å². The molecule has 1 aromatic heterocycles. The first-order valence-electron chi connectivity index (χ1n) is 10.5. The lowest BCUT2D eigenvalue weighted by molar-refractivity contribution is -0.143. The lowest BCUT2D eigenvalue weighted by Gasteiger charge is -2.29. The van der Waals surface area contributed by atoms with Crippen LogP contribution in [-0.2, 0) is 31.1 Å². The lowest BCUT2D eigenvalue weighted by Crippen LogP contribution is -2.43. The Kier molecular flexibility index (Phi) is 6.53. The normalized spacial score (nSPS) is 18.3. The molecule has 0 bridgehead atoms. The van der Waals surface area contributed by atoms with Crippen LogP contribution in [0.4, 0.5) is 4.39 Å². The molecule has 0 radical (unpaired) electrons. The van der Waals surface area contributed by atoms with Gasteiger partial charge in [-0.25, -0.2) is 9.37 Å². The highest BCUT2D eigenvalue weighted by Crippen LogP contribution is 2.41. The van der Waals surface area contributed by atoms with Crippen LogP contribution in [0.5, 0.6) is 0 Å². The Morgan fingerprint density at radius 3 is 2.67 bits per heavy atom. The van der Waals surface area contributed by atoms with E-state index in [1.807, 2.05) is 24.3 Å². The van der Waals surface area contributed by atoms with Gasteiger partial charge in [0.25, 0.3) is 0 Å². The Morgan fingerprint density at radius 2 is 1.94 bits per heavy atom. The van der Waals surface area contributed by atoms with Crippen LogP contribution in [0.2, 0.25) is 0 Å². The number of aromatic nitrogens is 1. The van der Waals surface area contributed by atoms with E-state index in [4.69, 9.17) is 4.74 Å². The summed E-state index contributed by atoms with van der Waals surface area (Å²) in [5.74, 6) is -2.00. The number of fused-ring (bicyclic) bond motifs is 1. The monoisotopic (exact) mass is 469 g/mol. The zero-order valence-corrected chi connectivity index (χ0v) is 19.2. The zero-order chi connectivity index (χ0) is 23.6. The predicted octanol–water partition coefficient (Wildman–Crippen LogP) is 3.13. The van der Waals surface area contributed by atoms with E-state index in [1.165, 1.54) is 41.5 Å². The van der Waals surface area contributed by atoms with Crippen LogP contribution in [-0.4, -0.2) is 59.8 Å². The summed E-state index contributed by atoms with van der Waals surface area (Å²) in [6.07, 6.45) is -0.583. The second-order valence-electron chi connectivity index (χ2n) is 8.08. The molecule has 0 aliphatic carbocycles. The van der Waals surface area contributed by atoms with Gasteiger partial charge < -0.3 is 9.64 Å². The van der Waals surface area contributed by atoms with E-state index < -0.39 is 23.0 Å². The molecule has 172 valence electrons. The Labute approximate surface area is 194 Å². The second kappa shape index (κ2) is 9.36. The van der Waals surface area contributed by atoms with Crippen molar-refractivity contribution in [2.75, 3.05) is 27.3 Å². The number of hydrogen-bond acceptors (Lipinski definition) is 6. The van der Waals surface area contributed by atoms with Gasteiger partial charge in [0.05, 0.1) is 35.3 Å². The molecule has 0 spiro atoms. The van der Waals surface area contributed by atoms with Gasteiger partial charge in [0.1, 0.15) is 10.8 Å². The molecule has 2 aromatic carbocycles. The Balaban J connectivity index is 1.61. The Morgan fingerprint density at radius 1 is 1.21 bits per heavy atom. The maximum absolute atomic E-state index is 14.8. The van der Waals surface area contributed by atoms with Crippen LogP contribution in [0.3, 0.4) is 0 Å². The topological polar surface area (TPSA) is 79.8 Å². The fourth-order valence-electron chi connectivity index (χ4n) is 4.17. The first-order valence-corrected chi connectivity index (χ1v) is 11.3. The van der Waals surface area contributed by atoms with E-state index in [2.05, 4.69) is 4.98 Å². The highest BCUT2D eigenvalue weighted by molar-refractivity contribution is 7.18. The number of carbonyl (C=O) groups excluding carboxylic acids is 3. The summed E-state index contributed by atoms with van der Waals surface area (Å²) in [4.78, 5) is 46.5. The molecule has 1 saturated heterocycles. The maximum atomic E-state index is 14.8. The highest BCUT2D eigenvalue weighted by Gasteiger charge is 2.54. The number of carbonyl (C=O) groups is 3. The average molecular weight is 470 g/mol. The number of imide groups is 1. The Bertz CT molecular complexity index is 1180. The van der Waals surface area contributed by atoms with Gasteiger partial charge >= 0.3 is 0 Å². The van der Waals surface area contributed by atoms with E-state index in [9.17, 15) is 18.8 Å². The fourth-order valence-corrected chi connectivity index (χ4v) is 5.20. The molecule has 0 N–H and O–H groups in total. The lowest BCUT2D eigenvalue weighted by atomic mass is 9.75. The smallest absolute Gasteiger partial charge is 0.241 e. The van der Waals surface area contributed by atoms with Gasteiger partial charge in [0.2, 0.25) is 17.7 Å². The van der Waals surface area contributed by atoms with Crippen molar-refractivity contribution in [1.29, 1.82) is 0 Å². The molecule has 1 fully saturated rings. The number of amides is 3. The molecule has 4 rings (SSSR count). The predicted molar refractivity (Wildman–Crippen MR) is 122 cm³/mol. The van der Waals surface area contributed by atoms with E-state index in [0.717, 1.165) is 20.1 Å². The summed E-state index contributed by atoms with van der Waals surface area (Å²) in [5.41, 5.74) is -0.675. The summed E-state index contributed by atoms with van der Waals surface area (Å²) < 4.78 is 20.9. The number of halogens is 1. The van der Waals surface area contributed by atoms with Crippen molar-refractivity contribution in [2.45, 2.75) is 24.8 Å². The molecule has 3 amide bonds. The van der Waals surface area contributed by atoms with Crippen molar-refractivity contribution in [3.8, 4) is 0 Å². The average Bonchev–Trinajstić information content (AvgIpc) is 3.30. The maximum Gasteiger partial charge on any atom is 0.241 e. The number of thiazole rings is 1. The molecular weight excluding hydrogens is 445 g/mol. The summed E-state index contributed by atoms with van der Waals surface area (Å²) >= 11 is 1.49. The van der Waals surface area contributed by atoms with Crippen molar-refractivity contribution < 1.29 is 23.5 Å². The number of methoxy groups -OCH3 is 1. The molecule has 2 heterocycles. The van der Waals surface area contributed by atoms with Gasteiger partial charge in [0, 0.05) is 32.6 Å². The first kappa shape index (κ1) is 23.0. The number of nitrogens with zero attached hydrogens (tertiary/aromatic N) is 3. The van der Waals surface area contributed by atoms with Crippen LogP contribution < -0.4 is 0 Å². The van der Waals surface area contributed by atoms with E-state index in [1.54, 1.807) is 13.1 Å². The molecule has 0 unspecified atom stereocenters. The molecule has 1 atom stereocenters. The molecule has 7 nitrogen and oxygen atoms in total. The first-order chi connectivity index (χ1) is 15.9. The van der Waals surface area contributed by atoms with Crippen molar-refractivity contribution in [3.63, 3.8) is 0 Å². The van der Waals surface area contributed by atoms with E-state index in [0.29, 0.717) is 0 Å². The van der Waals surface area contributed by atoms with E-state index >= 15 is 0 Å². The van der Waals surface area contributed by atoms with Gasteiger partial charge in [-0.05, 0) is 18.2 Å². The minimum absolute atomic E-state index is 0.0557. The van der Waals surface area contributed by atoms with Gasteiger partial charge in [-0.3, -0.25) is 19.3 Å². The summed E-state index contributed by atoms with van der Waals surface area (Å²) in [6.45, 7) is 0.470. The van der Waals surface area contributed by atoms with Crippen molar-refractivity contribution in [1.82, 2.24) is 14.8 Å². The minimum atomic E-state index is -1.59. The van der Waals surface area contributed by atoms with Crippen LogP contribution in [0.15, 0.2) is 48.5 Å². The number of rotatable bonds is 8. The molecule has 0 saturated carbocycles. The highest BCUT2D eigenvalue weighted by atomic mass is 32.1. The Hall–Kier alpha value is -3.17. The summed E-state index contributed by atoms with van der Waals surface area (Å²) in [5, 5.41) is 0.752. The summed E-state index contributed by atoms with van der Waals surface area (Å²) in [6, 6.07) is 13.5.